The van der Waals surface area contributed by atoms with Crippen LogP contribution in [0.4, 0.5) is 11.5 Å². The molecule has 2 N–H and O–H groups in total. The molecule has 0 bridgehead atoms. The van der Waals surface area contributed by atoms with Crippen molar-refractivity contribution in [3.05, 3.63) is 68.7 Å². The lowest BCUT2D eigenvalue weighted by Gasteiger charge is -2.09. The molecule has 0 spiro atoms. The van der Waals surface area contributed by atoms with E-state index >= 15 is 0 Å². The first-order chi connectivity index (χ1) is 15.8. The number of benzene rings is 1. The Hall–Kier alpha value is -3.96. The fraction of sp³-hybridized carbons (Fsp3) is 0.0909. The summed E-state index contributed by atoms with van der Waals surface area (Å²) in [4.78, 5) is 46.7. The van der Waals surface area contributed by atoms with E-state index in [2.05, 4.69) is 15.6 Å². The average molecular weight is 478 g/mol. The van der Waals surface area contributed by atoms with Gasteiger partial charge in [0.1, 0.15) is 16.3 Å². The molecule has 11 heteroatoms. The van der Waals surface area contributed by atoms with E-state index in [1.54, 1.807) is 19.1 Å². The van der Waals surface area contributed by atoms with Crippen LogP contribution in [0.3, 0.4) is 0 Å². The number of thiophene rings is 2. The van der Waals surface area contributed by atoms with Crippen molar-refractivity contribution in [1.29, 1.82) is 0 Å². The van der Waals surface area contributed by atoms with Crippen molar-refractivity contribution in [3.63, 3.8) is 0 Å². The number of anilines is 1. The second kappa shape index (κ2) is 7.87. The third-order valence-electron chi connectivity index (χ3n) is 5.29. The van der Waals surface area contributed by atoms with Gasteiger partial charge in [-0.05, 0) is 48.6 Å². The van der Waals surface area contributed by atoms with E-state index in [4.69, 9.17) is 4.98 Å². The normalized spacial score (nSPS) is 13.6. The molecule has 1 aromatic carbocycles. The van der Waals surface area contributed by atoms with Crippen LogP contribution >= 0.6 is 22.7 Å². The second-order valence-electron chi connectivity index (χ2n) is 7.32. The van der Waals surface area contributed by atoms with Crippen molar-refractivity contribution in [3.8, 4) is 21.1 Å². The minimum atomic E-state index is -0.509. The summed E-state index contributed by atoms with van der Waals surface area (Å²) in [5.41, 5.74) is 2.13. The highest BCUT2D eigenvalue weighted by molar-refractivity contribution is 7.22. The number of hydrogen-bond donors (Lipinski definition) is 2. The summed E-state index contributed by atoms with van der Waals surface area (Å²) in [7, 11) is 0. The molecule has 1 aliphatic heterocycles. The molecule has 0 saturated heterocycles. The van der Waals surface area contributed by atoms with Crippen LogP contribution < -0.4 is 10.6 Å². The number of nitro benzene ring substituents is 1. The number of aromatic nitrogens is 2. The van der Waals surface area contributed by atoms with Gasteiger partial charge >= 0.3 is 0 Å². The van der Waals surface area contributed by atoms with Gasteiger partial charge in [-0.25, -0.2) is 9.97 Å². The molecule has 4 heterocycles. The van der Waals surface area contributed by atoms with Crippen LogP contribution in [-0.4, -0.2) is 26.7 Å². The van der Waals surface area contributed by atoms with Gasteiger partial charge in [0.2, 0.25) is 0 Å². The molecule has 0 aliphatic carbocycles. The molecule has 5 rings (SSSR count). The van der Waals surface area contributed by atoms with Crippen molar-refractivity contribution in [2.75, 3.05) is 5.32 Å². The molecule has 164 valence electrons. The van der Waals surface area contributed by atoms with Gasteiger partial charge in [0.25, 0.3) is 17.5 Å². The number of non-ortho nitro benzene ring substituents is 1. The number of amides is 2. The maximum absolute atomic E-state index is 12.3. The van der Waals surface area contributed by atoms with Crippen molar-refractivity contribution < 1.29 is 14.5 Å². The van der Waals surface area contributed by atoms with Gasteiger partial charge in [-0.1, -0.05) is 6.07 Å². The van der Waals surface area contributed by atoms with E-state index in [0.717, 1.165) is 26.3 Å². The topological polar surface area (TPSA) is 127 Å². The zero-order valence-electron chi connectivity index (χ0n) is 17.3. The molecule has 4 aromatic rings. The van der Waals surface area contributed by atoms with Gasteiger partial charge < -0.3 is 5.32 Å². The highest BCUT2D eigenvalue weighted by atomic mass is 32.1. The number of nitrogens with zero attached hydrogens (tertiary/aromatic N) is 3. The molecular weight excluding hydrogens is 462 g/mol. The van der Waals surface area contributed by atoms with Crippen molar-refractivity contribution in [2.24, 2.45) is 0 Å². The van der Waals surface area contributed by atoms with E-state index in [1.807, 2.05) is 24.4 Å². The van der Waals surface area contributed by atoms with Crippen LogP contribution in [0.15, 0.2) is 53.0 Å². The van der Waals surface area contributed by atoms with Crippen LogP contribution in [-0.2, 0) is 9.59 Å². The van der Waals surface area contributed by atoms with E-state index in [9.17, 15) is 19.7 Å². The quantitative estimate of drug-likeness (QED) is 0.243. The van der Waals surface area contributed by atoms with Crippen molar-refractivity contribution in [1.82, 2.24) is 15.3 Å². The largest absolute Gasteiger partial charge is 0.335 e. The molecule has 9 nitrogen and oxygen atoms in total. The summed E-state index contributed by atoms with van der Waals surface area (Å²) in [6.07, 6.45) is 0. The summed E-state index contributed by atoms with van der Waals surface area (Å²) in [5.74, 6) is -0.0331. The fourth-order valence-electron chi connectivity index (χ4n) is 3.57. The second-order valence-corrected chi connectivity index (χ2v) is 9.27. The lowest BCUT2D eigenvalue weighted by molar-refractivity contribution is -0.384. The highest BCUT2D eigenvalue weighted by Gasteiger charge is 2.29. The Morgan fingerprint density at radius 1 is 1.06 bits per heavy atom. The number of fused-ring (bicyclic) bond motifs is 1. The zero-order valence-corrected chi connectivity index (χ0v) is 19.0. The standard InChI is InChI=1S/C22H15N5O4S2/c1-10-15-19(23-16-11(2)20(28)26-21(16)29)24-18(14-4-3-9-32-14)25-22(15)33-17(10)12-5-7-13(8-6-12)27(30)31/h3-9H,1-2H3,(H2,23,24,25,26,28,29). The molecule has 2 amide bonds. The summed E-state index contributed by atoms with van der Waals surface area (Å²) >= 11 is 2.93. The molecule has 3 aromatic heterocycles. The van der Waals surface area contributed by atoms with Gasteiger partial charge in [-0.2, -0.15) is 0 Å². The first-order valence-electron chi connectivity index (χ1n) is 9.77. The molecule has 0 unspecified atom stereocenters. The molecular formula is C22H15N5O4S2. The van der Waals surface area contributed by atoms with E-state index < -0.39 is 16.7 Å². The molecule has 0 radical (unpaired) electrons. The van der Waals surface area contributed by atoms with Gasteiger partial charge in [0.05, 0.1) is 15.2 Å². The smallest absolute Gasteiger partial charge is 0.275 e. The number of hydrogen-bond acceptors (Lipinski definition) is 9. The van der Waals surface area contributed by atoms with Crippen LogP contribution in [0.25, 0.3) is 31.4 Å². The van der Waals surface area contributed by atoms with Crippen LogP contribution in [0.5, 0.6) is 0 Å². The third kappa shape index (κ3) is 3.56. The van der Waals surface area contributed by atoms with Crippen LogP contribution in [0, 0.1) is 17.0 Å². The molecule has 0 atom stereocenters. The number of rotatable bonds is 5. The minimum Gasteiger partial charge on any atom is -0.335 e. The van der Waals surface area contributed by atoms with Gasteiger partial charge in [0, 0.05) is 22.6 Å². The lowest BCUT2D eigenvalue weighted by Crippen LogP contribution is -2.24. The predicted octanol–water partition coefficient (Wildman–Crippen LogP) is 4.65. The Bertz CT molecular complexity index is 1490. The van der Waals surface area contributed by atoms with E-state index in [1.165, 1.54) is 34.8 Å². The lowest BCUT2D eigenvalue weighted by atomic mass is 10.1. The van der Waals surface area contributed by atoms with Crippen LogP contribution in [0.1, 0.15) is 12.5 Å². The monoisotopic (exact) mass is 477 g/mol. The number of nitro groups is 1. The Balaban J connectivity index is 1.70. The number of nitrogens with one attached hydrogen (secondary N) is 2. The van der Waals surface area contributed by atoms with E-state index in [0.29, 0.717) is 16.5 Å². The number of aryl methyl sites for hydroxylation is 1. The number of carbonyl (C=O) groups excluding carboxylic acids is 2. The maximum Gasteiger partial charge on any atom is 0.275 e. The van der Waals surface area contributed by atoms with Crippen molar-refractivity contribution in [2.45, 2.75) is 13.8 Å². The summed E-state index contributed by atoms with van der Waals surface area (Å²) in [6, 6.07) is 10.1. The van der Waals surface area contributed by atoms with Crippen LogP contribution in [0.2, 0.25) is 0 Å². The number of carbonyl (C=O) groups is 2. The zero-order chi connectivity index (χ0) is 23.3. The highest BCUT2D eigenvalue weighted by Crippen LogP contribution is 2.42. The molecule has 1 aliphatic rings. The SMILES string of the molecule is CC1=C(Nc2nc(-c3cccs3)nc3sc(-c4ccc([N+](=O)[O-])cc4)c(C)c23)C(=O)NC1=O. The minimum absolute atomic E-state index is 0.0129. The first kappa shape index (κ1) is 20.9. The molecule has 0 fully saturated rings. The Kier molecular flexibility index (Phi) is 4.99. The Labute approximate surface area is 195 Å². The third-order valence-corrected chi connectivity index (χ3v) is 7.39. The summed E-state index contributed by atoms with van der Waals surface area (Å²) in [5, 5.41) is 19.0. The Morgan fingerprint density at radius 2 is 1.82 bits per heavy atom. The van der Waals surface area contributed by atoms with Crippen molar-refractivity contribution >= 4 is 56.2 Å². The Morgan fingerprint density at radius 3 is 2.42 bits per heavy atom. The number of imide groups is 1. The molecule has 33 heavy (non-hydrogen) atoms. The van der Waals surface area contributed by atoms with Gasteiger partial charge in [-0.3, -0.25) is 25.0 Å². The summed E-state index contributed by atoms with van der Waals surface area (Å²) < 4.78 is 0. The predicted molar refractivity (Wildman–Crippen MR) is 127 cm³/mol. The first-order valence-corrected chi connectivity index (χ1v) is 11.5. The van der Waals surface area contributed by atoms with Gasteiger partial charge in [-0.15, -0.1) is 22.7 Å². The molecule has 0 saturated carbocycles. The van der Waals surface area contributed by atoms with Gasteiger partial charge in [0.15, 0.2) is 5.82 Å². The average Bonchev–Trinajstić information content (AvgIpc) is 3.50. The maximum atomic E-state index is 12.3. The summed E-state index contributed by atoms with van der Waals surface area (Å²) in [6.45, 7) is 3.49. The fourth-order valence-corrected chi connectivity index (χ4v) is 5.41. The van der Waals surface area contributed by atoms with E-state index in [-0.39, 0.29) is 17.0 Å².